The summed E-state index contributed by atoms with van der Waals surface area (Å²) in [4.78, 5) is 4.44. The zero-order valence-corrected chi connectivity index (χ0v) is 18.3. The molecule has 4 aromatic rings. The molecule has 0 aliphatic rings. The maximum atomic E-state index is 12.8. The van der Waals surface area contributed by atoms with Gasteiger partial charge in [-0.3, -0.25) is 0 Å². The fourth-order valence-electron chi connectivity index (χ4n) is 3.32. The SMILES string of the molecule is N#Cc1ccc(OC(F)(F)F)cc1-c1ccc(OCc2ccccc2)nc1OCc1ccccc1. The second kappa shape index (κ2) is 10.6. The Morgan fingerprint density at radius 3 is 1.97 bits per heavy atom. The van der Waals surface area contributed by atoms with Crippen molar-refractivity contribution in [2.24, 2.45) is 0 Å². The van der Waals surface area contributed by atoms with E-state index in [4.69, 9.17) is 9.47 Å². The van der Waals surface area contributed by atoms with E-state index in [2.05, 4.69) is 9.72 Å². The highest BCUT2D eigenvalue weighted by atomic mass is 19.4. The van der Waals surface area contributed by atoms with Crippen LogP contribution in [0.4, 0.5) is 13.2 Å². The van der Waals surface area contributed by atoms with Crippen LogP contribution in [0.15, 0.2) is 91.0 Å². The van der Waals surface area contributed by atoms with E-state index in [1.54, 1.807) is 12.1 Å². The van der Waals surface area contributed by atoms with E-state index in [9.17, 15) is 18.4 Å². The third kappa shape index (κ3) is 6.51. The number of alkyl halides is 3. The van der Waals surface area contributed by atoms with E-state index in [-0.39, 0.29) is 36.1 Å². The average Bonchev–Trinajstić information content (AvgIpc) is 2.86. The molecular formula is C27H19F3N2O3. The first-order valence-electron chi connectivity index (χ1n) is 10.6. The Morgan fingerprint density at radius 2 is 1.37 bits per heavy atom. The highest BCUT2D eigenvalue weighted by Gasteiger charge is 2.31. The van der Waals surface area contributed by atoms with Crippen molar-refractivity contribution >= 4 is 0 Å². The number of ether oxygens (including phenoxy) is 3. The quantitative estimate of drug-likeness (QED) is 0.284. The highest BCUT2D eigenvalue weighted by molar-refractivity contribution is 5.76. The van der Waals surface area contributed by atoms with Gasteiger partial charge in [0, 0.05) is 17.2 Å². The van der Waals surface area contributed by atoms with Gasteiger partial charge in [-0.15, -0.1) is 13.2 Å². The molecule has 0 aliphatic carbocycles. The third-order valence-corrected chi connectivity index (χ3v) is 4.92. The van der Waals surface area contributed by atoms with Crippen LogP contribution in [0, 0.1) is 11.3 Å². The summed E-state index contributed by atoms with van der Waals surface area (Å²) >= 11 is 0. The monoisotopic (exact) mass is 476 g/mol. The van der Waals surface area contributed by atoms with Crippen LogP contribution < -0.4 is 14.2 Å². The van der Waals surface area contributed by atoms with Gasteiger partial charge in [0.15, 0.2) is 0 Å². The van der Waals surface area contributed by atoms with Crippen molar-refractivity contribution in [2.45, 2.75) is 19.6 Å². The summed E-state index contributed by atoms with van der Waals surface area (Å²) in [6.45, 7) is 0.424. The Bertz CT molecular complexity index is 1320. The number of benzene rings is 3. The molecule has 0 fully saturated rings. The Hall–Kier alpha value is -4.51. The smallest absolute Gasteiger partial charge is 0.473 e. The van der Waals surface area contributed by atoms with Crippen molar-refractivity contribution in [3.05, 3.63) is 108 Å². The first-order valence-corrected chi connectivity index (χ1v) is 10.6. The minimum atomic E-state index is -4.87. The molecule has 0 radical (unpaired) electrons. The Morgan fingerprint density at radius 1 is 0.743 bits per heavy atom. The maximum Gasteiger partial charge on any atom is 0.573 e. The number of hydrogen-bond donors (Lipinski definition) is 0. The fourth-order valence-corrected chi connectivity index (χ4v) is 3.32. The van der Waals surface area contributed by atoms with Gasteiger partial charge in [-0.2, -0.15) is 10.2 Å². The van der Waals surface area contributed by atoms with E-state index < -0.39 is 12.1 Å². The van der Waals surface area contributed by atoms with Crippen LogP contribution in [-0.4, -0.2) is 11.3 Å². The molecule has 0 N–H and O–H groups in total. The van der Waals surface area contributed by atoms with Crippen LogP contribution in [0.1, 0.15) is 16.7 Å². The van der Waals surface area contributed by atoms with Gasteiger partial charge in [-0.05, 0) is 35.4 Å². The number of pyridine rings is 1. The van der Waals surface area contributed by atoms with Gasteiger partial charge in [0.25, 0.3) is 0 Å². The lowest BCUT2D eigenvalue weighted by Crippen LogP contribution is -2.17. The van der Waals surface area contributed by atoms with Gasteiger partial charge in [-0.25, -0.2) is 0 Å². The minimum Gasteiger partial charge on any atom is -0.473 e. The van der Waals surface area contributed by atoms with Gasteiger partial charge in [0.2, 0.25) is 11.8 Å². The molecule has 5 nitrogen and oxygen atoms in total. The summed E-state index contributed by atoms with van der Waals surface area (Å²) in [6.07, 6.45) is -4.87. The van der Waals surface area contributed by atoms with Crippen molar-refractivity contribution in [1.82, 2.24) is 4.98 Å². The van der Waals surface area contributed by atoms with Crippen LogP contribution >= 0.6 is 0 Å². The van der Waals surface area contributed by atoms with Gasteiger partial charge in [0.1, 0.15) is 19.0 Å². The zero-order chi connectivity index (χ0) is 24.7. The summed E-state index contributed by atoms with van der Waals surface area (Å²) in [5.74, 6) is -0.0770. The largest absolute Gasteiger partial charge is 0.573 e. The van der Waals surface area contributed by atoms with Crippen molar-refractivity contribution in [3.8, 4) is 34.7 Å². The standard InChI is InChI=1S/C27H19F3N2O3/c28-27(29,30)35-22-12-11-21(16-31)24(15-22)23-13-14-25(33-17-19-7-3-1-4-8-19)32-26(23)34-18-20-9-5-2-6-10-20/h1-15H,17-18H2. The first kappa shape index (κ1) is 23.6. The van der Waals surface area contributed by atoms with Crippen LogP contribution in [0.2, 0.25) is 0 Å². The number of hydrogen-bond acceptors (Lipinski definition) is 5. The molecule has 0 spiro atoms. The Kier molecular flexibility index (Phi) is 7.17. The van der Waals surface area contributed by atoms with E-state index in [0.29, 0.717) is 5.56 Å². The van der Waals surface area contributed by atoms with Crippen molar-refractivity contribution < 1.29 is 27.4 Å². The highest BCUT2D eigenvalue weighted by Crippen LogP contribution is 2.36. The lowest BCUT2D eigenvalue weighted by Gasteiger charge is -2.15. The summed E-state index contributed by atoms with van der Waals surface area (Å²) in [5.41, 5.74) is 2.47. The van der Waals surface area contributed by atoms with E-state index in [0.717, 1.165) is 23.3 Å². The predicted molar refractivity (Wildman–Crippen MR) is 123 cm³/mol. The Labute approximate surface area is 200 Å². The van der Waals surface area contributed by atoms with E-state index >= 15 is 0 Å². The molecule has 8 heteroatoms. The number of halogens is 3. The van der Waals surface area contributed by atoms with Crippen molar-refractivity contribution in [3.63, 3.8) is 0 Å². The van der Waals surface area contributed by atoms with E-state index in [1.807, 2.05) is 66.7 Å². The molecule has 4 rings (SSSR count). The van der Waals surface area contributed by atoms with Crippen LogP contribution in [-0.2, 0) is 13.2 Å². The molecular weight excluding hydrogens is 457 g/mol. The molecule has 3 aromatic carbocycles. The molecule has 0 atom stereocenters. The molecule has 0 bridgehead atoms. The molecule has 0 saturated carbocycles. The van der Waals surface area contributed by atoms with Crippen LogP contribution in [0.3, 0.4) is 0 Å². The summed E-state index contributed by atoms with van der Waals surface area (Å²) < 4.78 is 54.1. The van der Waals surface area contributed by atoms with Crippen LogP contribution in [0.25, 0.3) is 11.1 Å². The first-order chi connectivity index (χ1) is 16.9. The second-order valence-electron chi connectivity index (χ2n) is 7.42. The van der Waals surface area contributed by atoms with Crippen molar-refractivity contribution in [1.29, 1.82) is 5.26 Å². The molecule has 1 heterocycles. The summed E-state index contributed by atoms with van der Waals surface area (Å²) in [5, 5.41) is 9.57. The summed E-state index contributed by atoms with van der Waals surface area (Å²) in [7, 11) is 0. The molecule has 0 aliphatic heterocycles. The normalized spacial score (nSPS) is 10.9. The topological polar surface area (TPSA) is 64.4 Å². The molecule has 176 valence electrons. The molecule has 0 amide bonds. The maximum absolute atomic E-state index is 12.8. The van der Waals surface area contributed by atoms with Gasteiger partial charge >= 0.3 is 6.36 Å². The average molecular weight is 476 g/mol. The molecule has 0 unspecified atom stereocenters. The number of aromatic nitrogens is 1. The molecule has 1 aromatic heterocycles. The second-order valence-corrected chi connectivity index (χ2v) is 7.42. The van der Waals surface area contributed by atoms with Crippen LogP contribution in [0.5, 0.6) is 17.5 Å². The Balaban J connectivity index is 1.69. The third-order valence-electron chi connectivity index (χ3n) is 4.92. The fraction of sp³-hybridized carbons (Fsp3) is 0.111. The molecule has 35 heavy (non-hydrogen) atoms. The van der Waals surface area contributed by atoms with Gasteiger partial charge in [-0.1, -0.05) is 60.7 Å². The van der Waals surface area contributed by atoms with Gasteiger partial charge in [0.05, 0.1) is 11.6 Å². The number of rotatable bonds is 8. The molecule has 0 saturated heterocycles. The lowest BCUT2D eigenvalue weighted by molar-refractivity contribution is -0.274. The number of nitrogens with zero attached hydrogens (tertiary/aromatic N) is 2. The summed E-state index contributed by atoms with van der Waals surface area (Å²) in [6, 6.07) is 27.5. The van der Waals surface area contributed by atoms with Gasteiger partial charge < -0.3 is 14.2 Å². The van der Waals surface area contributed by atoms with E-state index in [1.165, 1.54) is 6.07 Å². The zero-order valence-electron chi connectivity index (χ0n) is 18.3. The van der Waals surface area contributed by atoms with Crippen molar-refractivity contribution in [2.75, 3.05) is 0 Å². The number of nitriles is 1. The predicted octanol–water partition coefficient (Wildman–Crippen LogP) is 6.68. The minimum absolute atomic E-state index is 0.111. The lowest BCUT2D eigenvalue weighted by atomic mass is 10.0.